The molecule has 2 amide bonds. The number of amides is 2. The normalized spacial score (nSPS) is 14.0. The highest BCUT2D eigenvalue weighted by atomic mass is 16.5. The van der Waals surface area contributed by atoms with Gasteiger partial charge in [0.15, 0.2) is 0 Å². The van der Waals surface area contributed by atoms with E-state index in [1.165, 1.54) is 7.11 Å². The highest BCUT2D eigenvalue weighted by Crippen LogP contribution is 2.44. The quantitative estimate of drug-likeness (QED) is 0.480. The number of methoxy groups -OCH3 is 1. The van der Waals surface area contributed by atoms with E-state index in [0.29, 0.717) is 6.42 Å². The van der Waals surface area contributed by atoms with Crippen LogP contribution in [0.4, 0.5) is 4.79 Å². The van der Waals surface area contributed by atoms with E-state index in [1.54, 1.807) is 6.92 Å². The zero-order valence-corrected chi connectivity index (χ0v) is 18.9. The number of rotatable bonds is 11. The number of ether oxygens (including phenoxy) is 2. The molecular weight excluding hydrogens is 424 g/mol. The maximum Gasteiger partial charge on any atom is 0.407 e. The second-order valence-corrected chi connectivity index (χ2v) is 8.02. The Morgan fingerprint density at radius 1 is 1.00 bits per heavy atom. The molecule has 2 aromatic rings. The molecule has 0 bridgehead atoms. The predicted octanol–water partition coefficient (Wildman–Crippen LogP) is 3.30. The molecule has 0 radical (unpaired) electrons. The Balaban J connectivity index is 1.64. The molecular formula is C25H30N2O6. The smallest absolute Gasteiger partial charge is 0.407 e. The molecule has 3 N–H and O–H groups in total. The second kappa shape index (κ2) is 11.5. The van der Waals surface area contributed by atoms with Crippen molar-refractivity contribution >= 4 is 18.0 Å². The fourth-order valence-corrected chi connectivity index (χ4v) is 4.10. The minimum atomic E-state index is -1.000. The molecule has 1 unspecified atom stereocenters. The first-order valence-electron chi connectivity index (χ1n) is 11.1. The van der Waals surface area contributed by atoms with Gasteiger partial charge in [-0.15, -0.1) is 0 Å². The molecule has 0 heterocycles. The fourth-order valence-electron chi connectivity index (χ4n) is 4.10. The lowest BCUT2D eigenvalue weighted by molar-refractivity contribution is -0.137. The van der Waals surface area contributed by atoms with E-state index >= 15 is 0 Å². The maximum atomic E-state index is 12.7. The monoisotopic (exact) mass is 454 g/mol. The summed E-state index contributed by atoms with van der Waals surface area (Å²) in [5.74, 6) is -1.55. The summed E-state index contributed by atoms with van der Waals surface area (Å²) in [5, 5.41) is 14.3. The van der Waals surface area contributed by atoms with Crippen molar-refractivity contribution in [3.63, 3.8) is 0 Å². The van der Waals surface area contributed by atoms with E-state index in [1.807, 2.05) is 36.4 Å². The zero-order valence-electron chi connectivity index (χ0n) is 18.9. The van der Waals surface area contributed by atoms with Crippen LogP contribution >= 0.6 is 0 Å². The van der Waals surface area contributed by atoms with Crippen molar-refractivity contribution in [2.75, 3.05) is 20.3 Å². The molecule has 2 aromatic carbocycles. The summed E-state index contributed by atoms with van der Waals surface area (Å²) in [5.41, 5.74) is 4.45. The number of carbonyl (C=O) groups excluding carboxylic acids is 2. The van der Waals surface area contributed by atoms with E-state index in [-0.39, 0.29) is 32.0 Å². The number of aliphatic carboxylic acids is 1. The second-order valence-electron chi connectivity index (χ2n) is 8.02. The topological polar surface area (TPSA) is 114 Å². The molecule has 0 aromatic heterocycles. The molecule has 1 aliphatic rings. The Labute approximate surface area is 193 Å². The Bertz CT molecular complexity index is 947. The number of carbonyl (C=O) groups is 3. The van der Waals surface area contributed by atoms with Gasteiger partial charge in [0, 0.05) is 32.1 Å². The summed E-state index contributed by atoms with van der Waals surface area (Å²) >= 11 is 0. The molecule has 33 heavy (non-hydrogen) atoms. The predicted molar refractivity (Wildman–Crippen MR) is 123 cm³/mol. The first-order valence-corrected chi connectivity index (χ1v) is 11.1. The van der Waals surface area contributed by atoms with Gasteiger partial charge in [-0.05, 0) is 28.7 Å². The third-order valence-corrected chi connectivity index (χ3v) is 5.82. The van der Waals surface area contributed by atoms with Gasteiger partial charge in [0.2, 0.25) is 5.91 Å². The van der Waals surface area contributed by atoms with Gasteiger partial charge < -0.3 is 25.2 Å². The van der Waals surface area contributed by atoms with Crippen LogP contribution < -0.4 is 10.6 Å². The van der Waals surface area contributed by atoms with Crippen LogP contribution in [-0.4, -0.2) is 55.5 Å². The SMILES string of the molecule is CC[C@@H](CC(=O)O)NC(=O)C(CCOC)NC(=O)OCC1c2ccccc2-c2ccccc21. The van der Waals surface area contributed by atoms with Gasteiger partial charge in [-0.1, -0.05) is 55.5 Å². The standard InChI is InChI=1S/C25H30N2O6/c1-3-16(14-23(28)29)26-24(30)22(12-13-32-2)27-25(31)33-15-21-19-10-6-4-8-17(19)18-9-5-7-11-20(18)21/h4-11,16,21-22H,3,12-15H2,1-2H3,(H,26,30)(H,27,31)(H,28,29)/t16-,22?/m0/s1. The molecule has 0 fully saturated rings. The maximum absolute atomic E-state index is 12.7. The van der Waals surface area contributed by atoms with Crippen molar-refractivity contribution < 1.29 is 29.0 Å². The van der Waals surface area contributed by atoms with Gasteiger partial charge in [0.25, 0.3) is 0 Å². The third kappa shape index (κ3) is 6.10. The van der Waals surface area contributed by atoms with Crippen LogP contribution in [0.3, 0.4) is 0 Å². The molecule has 0 spiro atoms. The van der Waals surface area contributed by atoms with Crippen LogP contribution in [-0.2, 0) is 19.1 Å². The number of alkyl carbamates (subject to hydrolysis) is 1. The van der Waals surface area contributed by atoms with E-state index in [2.05, 4.69) is 22.8 Å². The van der Waals surface area contributed by atoms with Gasteiger partial charge >= 0.3 is 12.1 Å². The van der Waals surface area contributed by atoms with Gasteiger partial charge in [0.05, 0.1) is 6.42 Å². The summed E-state index contributed by atoms with van der Waals surface area (Å²) in [6.07, 6.45) is -0.209. The van der Waals surface area contributed by atoms with Gasteiger partial charge in [-0.3, -0.25) is 9.59 Å². The first-order chi connectivity index (χ1) is 15.9. The van der Waals surface area contributed by atoms with Crippen LogP contribution in [0.25, 0.3) is 11.1 Å². The molecule has 1 aliphatic carbocycles. The molecule has 0 aliphatic heterocycles. The van der Waals surface area contributed by atoms with Gasteiger partial charge in [-0.25, -0.2) is 4.79 Å². The zero-order chi connectivity index (χ0) is 23.8. The van der Waals surface area contributed by atoms with Crippen LogP contribution in [0.1, 0.15) is 43.2 Å². The Hall–Kier alpha value is -3.39. The number of fused-ring (bicyclic) bond motifs is 3. The lowest BCUT2D eigenvalue weighted by atomic mass is 9.98. The average molecular weight is 455 g/mol. The van der Waals surface area contributed by atoms with E-state index in [9.17, 15) is 14.4 Å². The number of hydrogen-bond donors (Lipinski definition) is 3. The number of carboxylic acid groups (broad SMARTS) is 1. The third-order valence-electron chi connectivity index (χ3n) is 5.82. The van der Waals surface area contributed by atoms with Crippen molar-refractivity contribution in [3.8, 4) is 11.1 Å². The summed E-state index contributed by atoms with van der Waals surface area (Å²) in [6.45, 7) is 2.17. The van der Waals surface area contributed by atoms with Crippen LogP contribution in [0.15, 0.2) is 48.5 Å². The molecule has 2 atom stereocenters. The Morgan fingerprint density at radius 3 is 2.15 bits per heavy atom. The molecule has 8 heteroatoms. The van der Waals surface area contributed by atoms with E-state index in [0.717, 1.165) is 22.3 Å². The van der Waals surface area contributed by atoms with Gasteiger partial charge in [-0.2, -0.15) is 0 Å². The van der Waals surface area contributed by atoms with Crippen LogP contribution in [0.5, 0.6) is 0 Å². The van der Waals surface area contributed by atoms with Crippen molar-refractivity contribution in [1.82, 2.24) is 10.6 Å². The van der Waals surface area contributed by atoms with E-state index in [4.69, 9.17) is 14.6 Å². The molecule has 176 valence electrons. The minimum absolute atomic E-state index is 0.0885. The molecule has 0 saturated heterocycles. The number of benzene rings is 2. The van der Waals surface area contributed by atoms with Crippen LogP contribution in [0, 0.1) is 0 Å². The minimum Gasteiger partial charge on any atom is -0.481 e. The molecule has 8 nitrogen and oxygen atoms in total. The lowest BCUT2D eigenvalue weighted by Crippen LogP contribution is -2.50. The van der Waals surface area contributed by atoms with Gasteiger partial charge in [0.1, 0.15) is 12.6 Å². The van der Waals surface area contributed by atoms with Crippen LogP contribution in [0.2, 0.25) is 0 Å². The van der Waals surface area contributed by atoms with Crippen molar-refractivity contribution in [1.29, 1.82) is 0 Å². The Kier molecular flexibility index (Phi) is 8.43. The van der Waals surface area contributed by atoms with E-state index < -0.39 is 30.1 Å². The summed E-state index contributed by atoms with van der Waals surface area (Å²) in [7, 11) is 1.50. The largest absolute Gasteiger partial charge is 0.481 e. The summed E-state index contributed by atoms with van der Waals surface area (Å²) < 4.78 is 10.6. The molecule has 0 saturated carbocycles. The number of hydrogen-bond acceptors (Lipinski definition) is 5. The number of nitrogens with one attached hydrogen (secondary N) is 2. The highest BCUT2D eigenvalue weighted by Gasteiger charge is 2.30. The Morgan fingerprint density at radius 2 is 1.61 bits per heavy atom. The fraction of sp³-hybridized carbons (Fsp3) is 0.400. The van der Waals surface area contributed by atoms with Crippen molar-refractivity contribution in [3.05, 3.63) is 59.7 Å². The lowest BCUT2D eigenvalue weighted by Gasteiger charge is -2.22. The summed E-state index contributed by atoms with van der Waals surface area (Å²) in [6, 6.07) is 14.6. The van der Waals surface area contributed by atoms with Crippen molar-refractivity contribution in [2.24, 2.45) is 0 Å². The average Bonchev–Trinajstić information content (AvgIpc) is 3.13. The molecule has 3 rings (SSSR count). The van der Waals surface area contributed by atoms with Crippen molar-refractivity contribution in [2.45, 2.75) is 44.2 Å². The highest BCUT2D eigenvalue weighted by molar-refractivity contribution is 5.86. The summed E-state index contributed by atoms with van der Waals surface area (Å²) in [4.78, 5) is 36.3. The number of carboxylic acids is 1. The first kappa shape index (κ1) is 24.3.